The van der Waals surface area contributed by atoms with Crippen LogP contribution in [0.15, 0.2) is 18.2 Å². The summed E-state index contributed by atoms with van der Waals surface area (Å²) in [5.41, 5.74) is 0. The van der Waals surface area contributed by atoms with Gasteiger partial charge in [-0.05, 0) is 19.1 Å². The van der Waals surface area contributed by atoms with E-state index in [0.717, 1.165) is 0 Å². The lowest BCUT2D eigenvalue weighted by atomic mass is 10.1. The van der Waals surface area contributed by atoms with Crippen LogP contribution < -0.4 is 4.74 Å². The van der Waals surface area contributed by atoms with Crippen molar-refractivity contribution < 1.29 is 14.3 Å². The normalized spacial score (nSPS) is 16.2. The zero-order chi connectivity index (χ0) is 17.9. The molecule has 24 heavy (non-hydrogen) atoms. The predicted octanol–water partition coefficient (Wildman–Crippen LogP) is 3.09. The monoisotopic (exact) mass is 372 g/mol. The van der Waals surface area contributed by atoms with Crippen LogP contribution in [0.25, 0.3) is 0 Å². The number of nitrogens with zero attached hydrogens (tertiary/aromatic N) is 2. The van der Waals surface area contributed by atoms with Crippen molar-refractivity contribution in [3.8, 4) is 5.75 Å². The molecule has 1 unspecified atom stereocenters. The van der Waals surface area contributed by atoms with E-state index in [9.17, 15) is 9.59 Å². The summed E-state index contributed by atoms with van der Waals surface area (Å²) in [6, 6.07) is 5.06. The fraction of sp³-hybridized carbons (Fsp3) is 0.529. The third-order valence-electron chi connectivity index (χ3n) is 3.96. The van der Waals surface area contributed by atoms with E-state index >= 15 is 0 Å². The van der Waals surface area contributed by atoms with Crippen LogP contribution in [0.1, 0.15) is 20.8 Å². The predicted molar refractivity (Wildman–Crippen MR) is 94.6 cm³/mol. The van der Waals surface area contributed by atoms with Gasteiger partial charge in [-0.25, -0.2) is 0 Å². The van der Waals surface area contributed by atoms with E-state index in [0.29, 0.717) is 42.0 Å². The molecule has 2 amide bonds. The van der Waals surface area contributed by atoms with Gasteiger partial charge < -0.3 is 14.5 Å². The van der Waals surface area contributed by atoms with Crippen LogP contribution in [0.2, 0.25) is 10.0 Å². The summed E-state index contributed by atoms with van der Waals surface area (Å²) in [7, 11) is 0. The Balaban J connectivity index is 1.93. The Hall–Kier alpha value is -1.46. The van der Waals surface area contributed by atoms with Crippen LogP contribution in [0.3, 0.4) is 0 Å². The first kappa shape index (κ1) is 18.9. The minimum absolute atomic E-state index is 0.0283. The van der Waals surface area contributed by atoms with Gasteiger partial charge in [0.2, 0.25) is 5.91 Å². The second-order valence-electron chi connectivity index (χ2n) is 6.12. The highest BCUT2D eigenvalue weighted by Gasteiger charge is 2.28. The lowest BCUT2D eigenvalue weighted by Crippen LogP contribution is -2.53. The SMILES string of the molecule is CC(C)C(=O)N1CCN(C(=O)C(C)Oc2cccc(Cl)c2Cl)CC1. The molecule has 0 aliphatic carbocycles. The van der Waals surface area contributed by atoms with Crippen LogP contribution in [0.5, 0.6) is 5.75 Å². The topological polar surface area (TPSA) is 49.9 Å². The molecule has 1 fully saturated rings. The van der Waals surface area contributed by atoms with Crippen molar-refractivity contribution in [3.63, 3.8) is 0 Å². The fourth-order valence-corrected chi connectivity index (χ4v) is 2.92. The van der Waals surface area contributed by atoms with Gasteiger partial charge in [-0.3, -0.25) is 9.59 Å². The number of carbonyl (C=O) groups excluding carboxylic acids is 2. The molecule has 132 valence electrons. The van der Waals surface area contributed by atoms with Crippen LogP contribution in [-0.2, 0) is 9.59 Å². The smallest absolute Gasteiger partial charge is 0.263 e. The van der Waals surface area contributed by atoms with Gasteiger partial charge in [-0.15, -0.1) is 0 Å². The first-order chi connectivity index (χ1) is 11.3. The number of benzene rings is 1. The Labute approximate surface area is 152 Å². The summed E-state index contributed by atoms with van der Waals surface area (Å²) in [6.45, 7) is 7.56. The van der Waals surface area contributed by atoms with Gasteiger partial charge in [0.1, 0.15) is 10.8 Å². The number of carbonyl (C=O) groups is 2. The van der Waals surface area contributed by atoms with Gasteiger partial charge in [-0.1, -0.05) is 43.1 Å². The fourth-order valence-electron chi connectivity index (χ4n) is 2.59. The molecule has 5 nitrogen and oxygen atoms in total. The molecule has 0 aromatic heterocycles. The third-order valence-corrected chi connectivity index (χ3v) is 4.77. The molecule has 1 heterocycles. The maximum atomic E-state index is 12.5. The molecule has 1 atom stereocenters. The van der Waals surface area contributed by atoms with Crippen molar-refractivity contribution in [2.75, 3.05) is 26.2 Å². The largest absolute Gasteiger partial charge is 0.479 e. The first-order valence-corrected chi connectivity index (χ1v) is 8.75. The lowest BCUT2D eigenvalue weighted by molar-refractivity contribution is -0.144. The second kappa shape index (κ2) is 8.08. The van der Waals surface area contributed by atoms with Crippen molar-refractivity contribution in [3.05, 3.63) is 28.2 Å². The lowest BCUT2D eigenvalue weighted by Gasteiger charge is -2.36. The molecule has 0 radical (unpaired) electrons. The van der Waals surface area contributed by atoms with E-state index in [4.69, 9.17) is 27.9 Å². The van der Waals surface area contributed by atoms with Gasteiger partial charge in [-0.2, -0.15) is 0 Å². The minimum atomic E-state index is -0.673. The van der Waals surface area contributed by atoms with Gasteiger partial charge in [0.15, 0.2) is 6.10 Å². The van der Waals surface area contributed by atoms with Crippen LogP contribution in [-0.4, -0.2) is 53.9 Å². The summed E-state index contributed by atoms with van der Waals surface area (Å²) < 4.78 is 5.67. The van der Waals surface area contributed by atoms with Crippen molar-refractivity contribution in [1.82, 2.24) is 9.80 Å². The zero-order valence-corrected chi connectivity index (χ0v) is 15.6. The molecule has 0 saturated carbocycles. The minimum Gasteiger partial charge on any atom is -0.479 e. The molecule has 2 rings (SSSR count). The summed E-state index contributed by atoms with van der Waals surface area (Å²) in [4.78, 5) is 28.0. The van der Waals surface area contributed by atoms with E-state index in [1.54, 1.807) is 34.9 Å². The highest BCUT2D eigenvalue weighted by Crippen LogP contribution is 2.32. The Bertz CT molecular complexity index is 614. The van der Waals surface area contributed by atoms with Crippen molar-refractivity contribution in [2.45, 2.75) is 26.9 Å². The average molecular weight is 373 g/mol. The zero-order valence-electron chi connectivity index (χ0n) is 14.1. The number of rotatable bonds is 4. The van der Waals surface area contributed by atoms with Gasteiger partial charge in [0.25, 0.3) is 5.91 Å². The number of piperazine rings is 1. The quantitative estimate of drug-likeness (QED) is 0.815. The molecular formula is C17H22Cl2N2O3. The molecule has 1 aromatic rings. The number of hydrogen-bond donors (Lipinski definition) is 0. The molecule has 7 heteroatoms. The Morgan fingerprint density at radius 2 is 1.54 bits per heavy atom. The van der Waals surface area contributed by atoms with E-state index in [2.05, 4.69) is 0 Å². The average Bonchev–Trinajstić information content (AvgIpc) is 2.57. The number of amides is 2. The molecule has 1 saturated heterocycles. The first-order valence-electron chi connectivity index (χ1n) is 7.99. The molecule has 0 bridgehead atoms. The molecule has 0 spiro atoms. The van der Waals surface area contributed by atoms with E-state index < -0.39 is 6.10 Å². The van der Waals surface area contributed by atoms with Gasteiger partial charge >= 0.3 is 0 Å². The molecule has 0 N–H and O–H groups in total. The molecule has 1 aliphatic heterocycles. The highest BCUT2D eigenvalue weighted by molar-refractivity contribution is 6.42. The van der Waals surface area contributed by atoms with Crippen LogP contribution >= 0.6 is 23.2 Å². The highest BCUT2D eigenvalue weighted by atomic mass is 35.5. The van der Waals surface area contributed by atoms with Crippen LogP contribution in [0.4, 0.5) is 0 Å². The summed E-state index contributed by atoms with van der Waals surface area (Å²) >= 11 is 12.0. The summed E-state index contributed by atoms with van der Waals surface area (Å²) in [5.74, 6) is 0.359. The standard InChI is InChI=1S/C17H22Cl2N2O3/c1-11(2)16(22)20-7-9-21(10-8-20)17(23)12(3)24-14-6-4-5-13(18)15(14)19/h4-6,11-12H,7-10H2,1-3H3. The van der Waals surface area contributed by atoms with E-state index in [1.807, 2.05) is 13.8 Å². The number of ether oxygens (including phenoxy) is 1. The Morgan fingerprint density at radius 1 is 1.00 bits per heavy atom. The second-order valence-corrected chi connectivity index (χ2v) is 6.90. The summed E-state index contributed by atoms with van der Waals surface area (Å²) in [5, 5.41) is 0.681. The van der Waals surface area contributed by atoms with Crippen molar-refractivity contribution >= 4 is 35.0 Å². The number of halogens is 2. The number of hydrogen-bond acceptors (Lipinski definition) is 3. The third kappa shape index (κ3) is 4.33. The maximum absolute atomic E-state index is 12.5. The molecular weight excluding hydrogens is 351 g/mol. The van der Waals surface area contributed by atoms with Crippen LogP contribution in [0, 0.1) is 5.92 Å². The molecule has 1 aromatic carbocycles. The van der Waals surface area contributed by atoms with E-state index in [-0.39, 0.29) is 17.7 Å². The summed E-state index contributed by atoms with van der Waals surface area (Å²) in [6.07, 6.45) is -0.673. The molecule has 1 aliphatic rings. The van der Waals surface area contributed by atoms with Crippen molar-refractivity contribution in [1.29, 1.82) is 0 Å². The Kier molecular flexibility index (Phi) is 6.35. The maximum Gasteiger partial charge on any atom is 0.263 e. The van der Waals surface area contributed by atoms with Crippen molar-refractivity contribution in [2.24, 2.45) is 5.92 Å². The van der Waals surface area contributed by atoms with E-state index in [1.165, 1.54) is 0 Å². The van der Waals surface area contributed by atoms with Gasteiger partial charge in [0, 0.05) is 32.1 Å². The van der Waals surface area contributed by atoms with Gasteiger partial charge in [0.05, 0.1) is 5.02 Å². The Morgan fingerprint density at radius 3 is 2.08 bits per heavy atom.